The summed E-state index contributed by atoms with van der Waals surface area (Å²) in [7, 11) is 0. The monoisotopic (exact) mass is 352 g/mol. The highest BCUT2D eigenvalue weighted by Gasteiger charge is 2.21. The molecule has 1 fully saturated rings. The number of carbonyl (C=O) groups excluding carboxylic acids is 1. The maximum absolute atomic E-state index is 12.5. The maximum atomic E-state index is 12.5. The van der Waals surface area contributed by atoms with E-state index < -0.39 is 0 Å². The third-order valence-corrected chi connectivity index (χ3v) is 5.55. The van der Waals surface area contributed by atoms with E-state index >= 15 is 0 Å². The van der Waals surface area contributed by atoms with Crippen molar-refractivity contribution in [2.45, 2.75) is 26.2 Å². The van der Waals surface area contributed by atoms with Gasteiger partial charge in [0.05, 0.1) is 0 Å². The summed E-state index contributed by atoms with van der Waals surface area (Å²) in [5.74, 6) is 0.414. The average Bonchev–Trinajstić information content (AvgIpc) is 3.08. The molecule has 25 heavy (non-hydrogen) atoms. The van der Waals surface area contributed by atoms with Crippen molar-refractivity contribution in [1.29, 1.82) is 0 Å². The SMILES string of the molecule is Cc1nnc(-c2ccc3cnc(CC(=O)[C@H]4CCCNC4)cc3c2)s1. The molecule has 1 aliphatic heterocycles. The standard InChI is InChI=1S/C19H20N4OS/c1-12-22-23-19(25-12)13-4-5-14-11-21-17(8-16(14)7-13)9-18(24)15-3-2-6-20-10-15/h4-5,7-8,11,15,20H,2-3,6,9-10H2,1H3/t15-/m0/s1. The minimum absolute atomic E-state index is 0.127. The molecule has 1 atom stereocenters. The molecule has 0 aliphatic carbocycles. The number of carbonyl (C=O) groups is 1. The molecule has 128 valence electrons. The van der Waals surface area contributed by atoms with Gasteiger partial charge >= 0.3 is 0 Å². The van der Waals surface area contributed by atoms with Crippen molar-refractivity contribution in [2.24, 2.45) is 5.92 Å². The van der Waals surface area contributed by atoms with Crippen LogP contribution >= 0.6 is 11.3 Å². The molecular weight excluding hydrogens is 332 g/mol. The number of ketones is 1. The van der Waals surface area contributed by atoms with Crippen molar-refractivity contribution in [1.82, 2.24) is 20.5 Å². The van der Waals surface area contributed by atoms with Gasteiger partial charge in [0.25, 0.3) is 0 Å². The van der Waals surface area contributed by atoms with Crippen LogP contribution in [-0.4, -0.2) is 34.1 Å². The number of benzene rings is 1. The zero-order valence-electron chi connectivity index (χ0n) is 14.2. The molecule has 5 nitrogen and oxygen atoms in total. The highest BCUT2D eigenvalue weighted by Crippen LogP contribution is 2.27. The first-order valence-corrected chi connectivity index (χ1v) is 9.43. The largest absolute Gasteiger partial charge is 0.316 e. The summed E-state index contributed by atoms with van der Waals surface area (Å²) in [5, 5.41) is 15.6. The predicted molar refractivity (Wildman–Crippen MR) is 99.7 cm³/mol. The van der Waals surface area contributed by atoms with Crippen molar-refractivity contribution in [2.75, 3.05) is 13.1 Å². The maximum Gasteiger partial charge on any atom is 0.147 e. The first-order valence-electron chi connectivity index (χ1n) is 8.61. The van der Waals surface area contributed by atoms with Crippen molar-refractivity contribution in [3.05, 3.63) is 41.2 Å². The van der Waals surface area contributed by atoms with Gasteiger partial charge in [-0.15, -0.1) is 10.2 Å². The van der Waals surface area contributed by atoms with Crippen LogP contribution in [0.4, 0.5) is 0 Å². The highest BCUT2D eigenvalue weighted by molar-refractivity contribution is 7.14. The Hall–Kier alpha value is -2.18. The van der Waals surface area contributed by atoms with Crippen LogP contribution in [0.3, 0.4) is 0 Å². The molecule has 3 heterocycles. The van der Waals surface area contributed by atoms with Crippen LogP contribution in [0.25, 0.3) is 21.3 Å². The van der Waals surface area contributed by atoms with Crippen LogP contribution in [-0.2, 0) is 11.2 Å². The second-order valence-electron chi connectivity index (χ2n) is 6.55. The molecule has 6 heteroatoms. The number of pyridine rings is 1. The summed E-state index contributed by atoms with van der Waals surface area (Å²) >= 11 is 1.58. The Balaban J connectivity index is 1.59. The third kappa shape index (κ3) is 3.60. The zero-order chi connectivity index (χ0) is 17.2. The number of hydrogen-bond acceptors (Lipinski definition) is 6. The number of Topliss-reactive ketones (excluding diaryl/α,β-unsaturated/α-hetero) is 1. The Morgan fingerprint density at radius 3 is 2.96 bits per heavy atom. The van der Waals surface area contributed by atoms with E-state index in [0.717, 1.165) is 58.0 Å². The summed E-state index contributed by atoms with van der Waals surface area (Å²) < 4.78 is 0. The van der Waals surface area contributed by atoms with E-state index in [-0.39, 0.29) is 11.7 Å². The number of nitrogens with zero attached hydrogens (tertiary/aromatic N) is 3. The van der Waals surface area contributed by atoms with E-state index in [1.165, 1.54) is 0 Å². The number of hydrogen-bond donors (Lipinski definition) is 1. The second-order valence-corrected chi connectivity index (χ2v) is 7.73. The fraction of sp³-hybridized carbons (Fsp3) is 0.368. The van der Waals surface area contributed by atoms with E-state index in [9.17, 15) is 4.79 Å². The lowest BCUT2D eigenvalue weighted by Gasteiger charge is -2.21. The summed E-state index contributed by atoms with van der Waals surface area (Å²) in [4.78, 5) is 17.0. The van der Waals surface area contributed by atoms with Gasteiger partial charge in [0.15, 0.2) is 0 Å². The molecule has 0 unspecified atom stereocenters. The van der Waals surface area contributed by atoms with Gasteiger partial charge in [0, 0.05) is 41.7 Å². The second kappa shape index (κ2) is 6.98. The summed E-state index contributed by atoms with van der Waals surface area (Å²) in [6.45, 7) is 3.77. The lowest BCUT2D eigenvalue weighted by atomic mass is 9.92. The Kier molecular flexibility index (Phi) is 4.55. The van der Waals surface area contributed by atoms with Crippen molar-refractivity contribution < 1.29 is 4.79 Å². The molecule has 3 aromatic rings. The smallest absolute Gasteiger partial charge is 0.147 e. The molecule has 0 saturated carbocycles. The van der Waals surface area contributed by atoms with E-state index in [2.05, 4.69) is 26.6 Å². The Morgan fingerprint density at radius 2 is 2.20 bits per heavy atom. The summed E-state index contributed by atoms with van der Waals surface area (Å²) in [5.41, 5.74) is 1.90. The molecule has 0 bridgehead atoms. The minimum atomic E-state index is 0.127. The van der Waals surface area contributed by atoms with Gasteiger partial charge in [0.1, 0.15) is 15.8 Å². The van der Waals surface area contributed by atoms with Crippen LogP contribution in [0, 0.1) is 12.8 Å². The summed E-state index contributed by atoms with van der Waals surface area (Å²) in [6.07, 6.45) is 4.32. The molecule has 1 N–H and O–H groups in total. The van der Waals surface area contributed by atoms with Gasteiger partial charge in [-0.1, -0.05) is 23.5 Å². The van der Waals surface area contributed by atoms with E-state index in [4.69, 9.17) is 0 Å². The Labute approximate surface area is 150 Å². The normalized spacial score (nSPS) is 17.7. The Bertz CT molecular complexity index is 915. The minimum Gasteiger partial charge on any atom is -0.316 e. The van der Waals surface area contributed by atoms with Gasteiger partial charge in [-0.3, -0.25) is 9.78 Å². The van der Waals surface area contributed by atoms with E-state index in [1.807, 2.05) is 31.3 Å². The van der Waals surface area contributed by atoms with Crippen LogP contribution in [0.2, 0.25) is 0 Å². The van der Waals surface area contributed by atoms with Crippen molar-refractivity contribution in [3.63, 3.8) is 0 Å². The fourth-order valence-electron chi connectivity index (χ4n) is 3.28. The van der Waals surface area contributed by atoms with Gasteiger partial charge < -0.3 is 5.32 Å². The van der Waals surface area contributed by atoms with Crippen molar-refractivity contribution >= 4 is 27.9 Å². The quantitative estimate of drug-likeness (QED) is 0.781. The zero-order valence-corrected chi connectivity index (χ0v) is 15.0. The first-order chi connectivity index (χ1) is 12.2. The number of fused-ring (bicyclic) bond motifs is 1. The molecule has 1 aliphatic rings. The van der Waals surface area contributed by atoms with E-state index in [0.29, 0.717) is 6.42 Å². The Morgan fingerprint density at radius 1 is 1.28 bits per heavy atom. The fourth-order valence-corrected chi connectivity index (χ4v) is 3.97. The van der Waals surface area contributed by atoms with Gasteiger partial charge in [0.2, 0.25) is 0 Å². The van der Waals surface area contributed by atoms with Crippen LogP contribution in [0.15, 0.2) is 30.5 Å². The molecule has 1 aromatic carbocycles. The summed E-state index contributed by atoms with van der Waals surface area (Å²) in [6, 6.07) is 8.22. The lowest BCUT2D eigenvalue weighted by Crippen LogP contribution is -2.35. The van der Waals surface area contributed by atoms with Gasteiger partial charge in [-0.25, -0.2) is 0 Å². The van der Waals surface area contributed by atoms with E-state index in [1.54, 1.807) is 11.3 Å². The number of piperidine rings is 1. The first kappa shape index (κ1) is 16.3. The molecule has 4 rings (SSSR count). The number of aryl methyl sites for hydroxylation is 1. The molecule has 2 aromatic heterocycles. The van der Waals surface area contributed by atoms with Gasteiger partial charge in [-0.05, 0) is 43.8 Å². The predicted octanol–water partition coefficient (Wildman–Crippen LogP) is 3.17. The topological polar surface area (TPSA) is 67.8 Å². The highest BCUT2D eigenvalue weighted by atomic mass is 32.1. The molecule has 1 saturated heterocycles. The van der Waals surface area contributed by atoms with Crippen molar-refractivity contribution in [3.8, 4) is 10.6 Å². The average molecular weight is 352 g/mol. The number of aromatic nitrogens is 3. The number of rotatable bonds is 4. The van der Waals surface area contributed by atoms with Gasteiger partial charge in [-0.2, -0.15) is 0 Å². The van der Waals surface area contributed by atoms with Crippen LogP contribution in [0.5, 0.6) is 0 Å². The lowest BCUT2D eigenvalue weighted by molar-refractivity contribution is -0.122. The number of nitrogens with one attached hydrogen (secondary N) is 1. The third-order valence-electron chi connectivity index (χ3n) is 4.66. The van der Waals surface area contributed by atoms with Crippen LogP contribution < -0.4 is 5.32 Å². The molecule has 0 spiro atoms. The van der Waals surface area contributed by atoms with Crippen LogP contribution in [0.1, 0.15) is 23.5 Å². The molecule has 0 amide bonds. The molecular formula is C19H20N4OS. The molecule has 0 radical (unpaired) electrons.